The third kappa shape index (κ3) is 6.88. The van der Waals surface area contributed by atoms with E-state index >= 15 is 0 Å². The van der Waals surface area contributed by atoms with Gasteiger partial charge in [0, 0.05) is 18.6 Å². The summed E-state index contributed by atoms with van der Waals surface area (Å²) < 4.78 is 68.9. The highest BCUT2D eigenvalue weighted by atomic mass is 32.2. The fourth-order valence-electron chi connectivity index (χ4n) is 2.87. The molecule has 2 amide bonds. The van der Waals surface area contributed by atoms with Crippen molar-refractivity contribution < 1.29 is 30.6 Å². The van der Waals surface area contributed by atoms with Crippen molar-refractivity contribution in [3.05, 3.63) is 59.7 Å². The highest BCUT2D eigenvalue weighted by Crippen LogP contribution is 2.31. The third-order valence-electron chi connectivity index (χ3n) is 4.70. The maximum atomic E-state index is 12.9. The minimum Gasteiger partial charge on any atom is -0.379 e. The molecule has 10 heteroatoms. The number of hydrogen-bond donors (Lipinski definition) is 1. The van der Waals surface area contributed by atoms with Crippen LogP contribution in [0.25, 0.3) is 0 Å². The molecule has 0 heterocycles. The van der Waals surface area contributed by atoms with Crippen LogP contribution < -0.4 is 9.50 Å². The van der Waals surface area contributed by atoms with Gasteiger partial charge in [-0.15, -0.1) is 0 Å². The molecule has 6 nitrogen and oxygen atoms in total. The largest absolute Gasteiger partial charge is 0.416 e. The summed E-state index contributed by atoms with van der Waals surface area (Å²) in [5.41, 5.74) is -0.475. The van der Waals surface area contributed by atoms with Gasteiger partial charge in [0.25, 0.3) is 0 Å². The summed E-state index contributed by atoms with van der Waals surface area (Å²) in [6.07, 6.45) is -3.97. The lowest BCUT2D eigenvalue weighted by Gasteiger charge is -2.30. The molecule has 0 fully saturated rings. The van der Waals surface area contributed by atoms with Crippen molar-refractivity contribution in [2.45, 2.75) is 63.8 Å². The van der Waals surface area contributed by atoms with Gasteiger partial charge in [-0.25, -0.2) is 4.79 Å². The van der Waals surface area contributed by atoms with Crippen molar-refractivity contribution in [2.24, 2.45) is 0 Å². The summed E-state index contributed by atoms with van der Waals surface area (Å²) in [6, 6.07) is 9.07. The minimum absolute atomic E-state index is 0.0543. The van der Waals surface area contributed by atoms with Crippen LogP contribution in [0.5, 0.6) is 5.75 Å². The zero-order valence-corrected chi connectivity index (χ0v) is 19.1. The lowest BCUT2D eigenvalue weighted by molar-refractivity contribution is -0.137. The van der Waals surface area contributed by atoms with Gasteiger partial charge in [0.15, 0.2) is 0 Å². The fraction of sp³-hybridized carbons (Fsp3) is 0.409. The normalized spacial score (nSPS) is 13.0. The minimum atomic E-state index is -4.68. The summed E-state index contributed by atoms with van der Waals surface area (Å²) in [5.74, 6) is -0.0618. The number of amides is 2. The van der Waals surface area contributed by atoms with E-state index in [-0.39, 0.29) is 30.4 Å². The number of halogens is 3. The molecule has 176 valence electrons. The van der Waals surface area contributed by atoms with Crippen LogP contribution in [-0.2, 0) is 22.8 Å². The Hall–Kier alpha value is -2.75. The van der Waals surface area contributed by atoms with Crippen LogP contribution in [0.4, 0.5) is 18.0 Å². The molecule has 0 aromatic heterocycles. The highest BCUT2D eigenvalue weighted by molar-refractivity contribution is 7.87. The Morgan fingerprint density at radius 1 is 1.09 bits per heavy atom. The van der Waals surface area contributed by atoms with Gasteiger partial charge < -0.3 is 14.4 Å². The number of rotatable bonds is 8. The molecule has 32 heavy (non-hydrogen) atoms. The summed E-state index contributed by atoms with van der Waals surface area (Å²) in [7, 11) is -4.49. The van der Waals surface area contributed by atoms with Crippen LogP contribution in [0.2, 0.25) is 0 Å². The number of benzene rings is 2. The first-order chi connectivity index (χ1) is 14.8. The number of nitrogens with zero attached hydrogens (tertiary/aromatic N) is 1. The predicted octanol–water partition coefficient (Wildman–Crippen LogP) is 5.19. The van der Waals surface area contributed by atoms with E-state index in [1.54, 1.807) is 17.0 Å². The number of carbonyl (C=O) groups excluding carboxylic acids is 1. The van der Waals surface area contributed by atoms with Gasteiger partial charge in [0.05, 0.1) is 5.56 Å². The molecule has 2 rings (SSSR count). The van der Waals surface area contributed by atoms with E-state index < -0.39 is 26.8 Å². The summed E-state index contributed by atoms with van der Waals surface area (Å²) >= 11 is 0. The standard InChI is InChI=1S/C22H27F3N2O4S/c1-5-16(4)27(21(28)26-15(2)3)14-17-8-6-10-19(12-17)31-32(29,30)20-11-7-9-18(13-20)22(23,24)25/h6-13,15-16H,5,14H2,1-4H3,(H,26,28). The van der Waals surface area contributed by atoms with Crippen LogP contribution in [0.15, 0.2) is 53.4 Å². The molecule has 0 bridgehead atoms. The molecule has 0 aliphatic heterocycles. The number of carbonyl (C=O) groups is 1. The Morgan fingerprint density at radius 2 is 1.75 bits per heavy atom. The topological polar surface area (TPSA) is 75.7 Å². The smallest absolute Gasteiger partial charge is 0.379 e. The maximum Gasteiger partial charge on any atom is 0.416 e. The van der Waals surface area contributed by atoms with E-state index in [4.69, 9.17) is 4.18 Å². The molecule has 0 radical (unpaired) electrons. The van der Waals surface area contributed by atoms with E-state index in [1.807, 2.05) is 27.7 Å². The fourth-order valence-corrected chi connectivity index (χ4v) is 3.84. The highest BCUT2D eigenvalue weighted by Gasteiger charge is 2.32. The third-order valence-corrected chi connectivity index (χ3v) is 5.95. The summed E-state index contributed by atoms with van der Waals surface area (Å²) in [5, 5.41) is 2.84. The molecule has 0 spiro atoms. The second kappa shape index (κ2) is 10.2. The molecule has 1 N–H and O–H groups in total. The summed E-state index contributed by atoms with van der Waals surface area (Å²) in [6.45, 7) is 7.74. The van der Waals surface area contributed by atoms with E-state index in [0.29, 0.717) is 18.1 Å². The molecular formula is C22H27F3N2O4S. The number of alkyl halides is 3. The van der Waals surface area contributed by atoms with E-state index in [9.17, 15) is 26.4 Å². The van der Waals surface area contributed by atoms with Gasteiger partial charge in [-0.05, 0) is 63.1 Å². The number of hydrogen-bond acceptors (Lipinski definition) is 4. The van der Waals surface area contributed by atoms with Gasteiger partial charge in [0.2, 0.25) is 0 Å². The molecule has 0 saturated carbocycles. The van der Waals surface area contributed by atoms with Crippen LogP contribution in [0, 0.1) is 0 Å². The molecule has 1 unspecified atom stereocenters. The zero-order valence-electron chi connectivity index (χ0n) is 18.3. The molecule has 1 atom stereocenters. The van der Waals surface area contributed by atoms with Crippen molar-refractivity contribution in [1.29, 1.82) is 0 Å². The number of urea groups is 1. The van der Waals surface area contributed by atoms with Crippen molar-refractivity contribution >= 4 is 16.1 Å². The lowest BCUT2D eigenvalue weighted by atomic mass is 10.1. The SMILES string of the molecule is CCC(C)N(Cc1cccc(OS(=O)(=O)c2cccc(C(F)(F)F)c2)c1)C(=O)NC(C)C. The maximum absolute atomic E-state index is 12.9. The Bertz CT molecular complexity index is 1040. The van der Waals surface area contributed by atoms with Crippen molar-refractivity contribution in [3.8, 4) is 5.75 Å². The van der Waals surface area contributed by atoms with E-state index in [2.05, 4.69) is 5.32 Å². The predicted molar refractivity (Wildman–Crippen MR) is 115 cm³/mol. The number of nitrogens with one attached hydrogen (secondary N) is 1. The molecular weight excluding hydrogens is 445 g/mol. The quantitative estimate of drug-likeness (QED) is 0.537. The van der Waals surface area contributed by atoms with Crippen molar-refractivity contribution in [2.75, 3.05) is 0 Å². The van der Waals surface area contributed by atoms with Crippen LogP contribution in [0.3, 0.4) is 0 Å². The first kappa shape index (κ1) is 25.5. The molecule has 2 aromatic rings. The second-order valence-corrected chi connectivity index (χ2v) is 9.25. The molecule has 0 aliphatic rings. The Balaban J connectivity index is 2.26. The Kier molecular flexibility index (Phi) is 8.17. The van der Waals surface area contributed by atoms with Gasteiger partial charge >= 0.3 is 22.3 Å². The molecule has 0 saturated heterocycles. The monoisotopic (exact) mass is 472 g/mol. The lowest BCUT2D eigenvalue weighted by Crippen LogP contribution is -2.46. The average molecular weight is 473 g/mol. The van der Waals surface area contributed by atoms with Crippen LogP contribution in [0.1, 0.15) is 45.2 Å². The Labute approximate surface area is 186 Å². The Morgan fingerprint density at radius 3 is 2.34 bits per heavy atom. The first-order valence-corrected chi connectivity index (χ1v) is 11.5. The van der Waals surface area contributed by atoms with Crippen molar-refractivity contribution in [1.82, 2.24) is 10.2 Å². The first-order valence-electron chi connectivity index (χ1n) is 10.1. The van der Waals surface area contributed by atoms with Gasteiger partial charge in [-0.1, -0.05) is 25.1 Å². The van der Waals surface area contributed by atoms with E-state index in [0.717, 1.165) is 18.2 Å². The molecule has 2 aromatic carbocycles. The van der Waals surface area contributed by atoms with E-state index in [1.165, 1.54) is 12.1 Å². The molecule has 0 aliphatic carbocycles. The summed E-state index contributed by atoms with van der Waals surface area (Å²) in [4.78, 5) is 13.6. The van der Waals surface area contributed by atoms with Gasteiger partial charge in [-0.2, -0.15) is 21.6 Å². The average Bonchev–Trinajstić information content (AvgIpc) is 2.70. The van der Waals surface area contributed by atoms with Gasteiger partial charge in [0.1, 0.15) is 10.6 Å². The second-order valence-electron chi connectivity index (χ2n) is 7.70. The van der Waals surface area contributed by atoms with Gasteiger partial charge in [-0.3, -0.25) is 0 Å². The zero-order chi connectivity index (χ0) is 24.1. The van der Waals surface area contributed by atoms with Crippen LogP contribution in [-0.4, -0.2) is 31.4 Å². The van der Waals surface area contributed by atoms with Crippen molar-refractivity contribution in [3.63, 3.8) is 0 Å². The van der Waals surface area contributed by atoms with Crippen LogP contribution >= 0.6 is 0 Å².